The number of hydrogen-bond donors (Lipinski definition) is 0. The van der Waals surface area contributed by atoms with E-state index < -0.39 is 0 Å². The van der Waals surface area contributed by atoms with Crippen molar-refractivity contribution in [2.75, 3.05) is 0 Å². The van der Waals surface area contributed by atoms with Crippen LogP contribution in [0.4, 0.5) is 0 Å². The van der Waals surface area contributed by atoms with Gasteiger partial charge in [-0.2, -0.15) is 0 Å². The first-order valence-corrected chi connectivity index (χ1v) is 9.60. The van der Waals surface area contributed by atoms with Gasteiger partial charge in [-0.05, 0) is 73.6 Å². The van der Waals surface area contributed by atoms with E-state index in [1.54, 1.807) is 0 Å². The summed E-state index contributed by atoms with van der Waals surface area (Å²) < 4.78 is 0. The lowest BCUT2D eigenvalue weighted by atomic mass is 9.94. The fraction of sp³-hybridized carbons (Fsp3) is 0.154. The molecule has 0 heteroatoms. The molecule has 0 aliphatic carbocycles. The van der Waals surface area contributed by atoms with Gasteiger partial charge < -0.3 is 0 Å². The molecule has 0 bridgehead atoms. The zero-order chi connectivity index (χ0) is 17.5. The number of rotatable bonds is 3. The second-order valence-corrected chi connectivity index (χ2v) is 7.31. The maximum atomic E-state index is 2.37. The lowest BCUT2D eigenvalue weighted by molar-refractivity contribution is 0.796. The molecule has 0 unspecified atom stereocenters. The first-order chi connectivity index (χ1) is 12.8. The summed E-state index contributed by atoms with van der Waals surface area (Å²) in [6.07, 6.45) is 3.68. The van der Waals surface area contributed by atoms with E-state index >= 15 is 0 Å². The van der Waals surface area contributed by atoms with Crippen LogP contribution in [0.2, 0.25) is 0 Å². The van der Waals surface area contributed by atoms with Crippen molar-refractivity contribution in [3.8, 4) is 0 Å². The van der Waals surface area contributed by atoms with Crippen molar-refractivity contribution in [3.63, 3.8) is 0 Å². The minimum Gasteiger partial charge on any atom is -0.0654 e. The number of fused-ring (bicyclic) bond motifs is 6. The van der Waals surface area contributed by atoms with Crippen molar-refractivity contribution >= 4 is 43.1 Å². The van der Waals surface area contributed by atoms with Crippen LogP contribution < -0.4 is 0 Å². The van der Waals surface area contributed by atoms with E-state index in [1.165, 1.54) is 67.9 Å². The third-order valence-electron chi connectivity index (χ3n) is 5.58. The molecule has 0 amide bonds. The fourth-order valence-corrected chi connectivity index (χ4v) is 4.16. The SMILES string of the molecule is CCCCc1ccc2c(ccc3c4cc5ccccc5cc4ccc23)c1. The van der Waals surface area contributed by atoms with Crippen LogP contribution >= 0.6 is 0 Å². The second-order valence-electron chi connectivity index (χ2n) is 7.31. The van der Waals surface area contributed by atoms with Crippen LogP contribution in [0.3, 0.4) is 0 Å². The van der Waals surface area contributed by atoms with Gasteiger partial charge in [-0.1, -0.05) is 80.1 Å². The van der Waals surface area contributed by atoms with Crippen LogP contribution in [-0.2, 0) is 6.42 Å². The van der Waals surface area contributed by atoms with Crippen molar-refractivity contribution in [1.29, 1.82) is 0 Å². The second kappa shape index (κ2) is 6.14. The Kier molecular flexibility index (Phi) is 3.64. The highest BCUT2D eigenvalue weighted by molar-refractivity contribution is 6.19. The van der Waals surface area contributed by atoms with E-state index in [0.29, 0.717) is 0 Å². The maximum Gasteiger partial charge on any atom is -0.00987 e. The Balaban J connectivity index is 1.78. The molecule has 0 aliphatic rings. The van der Waals surface area contributed by atoms with Crippen molar-refractivity contribution in [3.05, 3.63) is 84.4 Å². The molecule has 0 aliphatic heterocycles. The lowest BCUT2D eigenvalue weighted by Gasteiger charge is -2.10. The zero-order valence-corrected chi connectivity index (χ0v) is 15.1. The van der Waals surface area contributed by atoms with Crippen LogP contribution in [0.25, 0.3) is 43.1 Å². The molecular weight excluding hydrogens is 312 g/mol. The molecule has 5 aromatic carbocycles. The van der Waals surface area contributed by atoms with Crippen molar-refractivity contribution in [2.24, 2.45) is 0 Å². The average molecular weight is 334 g/mol. The van der Waals surface area contributed by atoms with E-state index in [1.807, 2.05) is 0 Å². The van der Waals surface area contributed by atoms with Gasteiger partial charge in [0.2, 0.25) is 0 Å². The summed E-state index contributed by atoms with van der Waals surface area (Å²) in [5.74, 6) is 0. The Hall–Kier alpha value is -2.86. The van der Waals surface area contributed by atoms with E-state index in [2.05, 4.69) is 85.8 Å². The Labute approximate surface area is 154 Å². The first-order valence-electron chi connectivity index (χ1n) is 9.60. The summed E-state index contributed by atoms with van der Waals surface area (Å²) in [5, 5.41) is 10.7. The molecule has 5 rings (SSSR count). The molecule has 0 heterocycles. The summed E-state index contributed by atoms with van der Waals surface area (Å²) in [7, 11) is 0. The van der Waals surface area contributed by atoms with Crippen LogP contribution in [0.1, 0.15) is 25.3 Å². The molecule has 0 N–H and O–H groups in total. The summed E-state index contributed by atoms with van der Waals surface area (Å²) in [4.78, 5) is 0. The number of hydrogen-bond acceptors (Lipinski definition) is 0. The average Bonchev–Trinajstić information content (AvgIpc) is 2.70. The maximum absolute atomic E-state index is 2.37. The molecule has 0 aromatic heterocycles. The Bertz CT molecular complexity index is 1260. The topological polar surface area (TPSA) is 0 Å². The van der Waals surface area contributed by atoms with Crippen LogP contribution in [-0.4, -0.2) is 0 Å². The third kappa shape index (κ3) is 2.45. The lowest BCUT2D eigenvalue weighted by Crippen LogP contribution is -1.86. The van der Waals surface area contributed by atoms with Crippen molar-refractivity contribution < 1.29 is 0 Å². The highest BCUT2D eigenvalue weighted by atomic mass is 14.1. The smallest absolute Gasteiger partial charge is 0.00987 e. The fourth-order valence-electron chi connectivity index (χ4n) is 4.16. The molecule has 0 saturated carbocycles. The summed E-state index contributed by atoms with van der Waals surface area (Å²) in [5.41, 5.74) is 1.45. The molecule has 0 radical (unpaired) electrons. The molecular formula is C26H22. The number of aryl methyl sites for hydroxylation is 1. The summed E-state index contributed by atoms with van der Waals surface area (Å²) in [6.45, 7) is 2.25. The number of benzene rings is 5. The quantitative estimate of drug-likeness (QED) is 0.235. The molecule has 126 valence electrons. The Morgan fingerprint density at radius 1 is 0.538 bits per heavy atom. The summed E-state index contributed by atoms with van der Waals surface area (Å²) in [6, 6.07) is 29.4. The van der Waals surface area contributed by atoms with Gasteiger partial charge in [-0.3, -0.25) is 0 Å². The van der Waals surface area contributed by atoms with Crippen LogP contribution in [0.5, 0.6) is 0 Å². The van der Waals surface area contributed by atoms with Gasteiger partial charge in [0.05, 0.1) is 0 Å². The van der Waals surface area contributed by atoms with Gasteiger partial charge in [0.15, 0.2) is 0 Å². The van der Waals surface area contributed by atoms with E-state index in [4.69, 9.17) is 0 Å². The van der Waals surface area contributed by atoms with Gasteiger partial charge >= 0.3 is 0 Å². The van der Waals surface area contributed by atoms with Crippen LogP contribution in [0, 0.1) is 0 Å². The van der Waals surface area contributed by atoms with Gasteiger partial charge in [-0.15, -0.1) is 0 Å². The predicted molar refractivity (Wildman–Crippen MR) is 115 cm³/mol. The standard InChI is InChI=1S/C26H22/c1-2-3-6-18-9-12-23-21(15-18)10-14-25-24(23)13-11-22-16-19-7-4-5-8-20(19)17-26(22)25/h4-5,7-17H,2-3,6H2,1H3. The zero-order valence-electron chi connectivity index (χ0n) is 15.1. The van der Waals surface area contributed by atoms with Crippen LogP contribution in [0.15, 0.2) is 78.9 Å². The number of unbranched alkanes of at least 4 members (excludes halogenated alkanes) is 1. The van der Waals surface area contributed by atoms with Crippen molar-refractivity contribution in [1.82, 2.24) is 0 Å². The van der Waals surface area contributed by atoms with Crippen molar-refractivity contribution in [2.45, 2.75) is 26.2 Å². The van der Waals surface area contributed by atoms with E-state index in [0.717, 1.165) is 0 Å². The van der Waals surface area contributed by atoms with E-state index in [-0.39, 0.29) is 0 Å². The molecule has 0 fully saturated rings. The van der Waals surface area contributed by atoms with Gasteiger partial charge in [0, 0.05) is 0 Å². The monoisotopic (exact) mass is 334 g/mol. The Morgan fingerprint density at radius 2 is 1.19 bits per heavy atom. The highest BCUT2D eigenvalue weighted by Crippen LogP contribution is 2.33. The Morgan fingerprint density at radius 3 is 1.96 bits per heavy atom. The highest BCUT2D eigenvalue weighted by Gasteiger charge is 2.06. The summed E-state index contributed by atoms with van der Waals surface area (Å²) >= 11 is 0. The normalized spacial score (nSPS) is 11.7. The largest absolute Gasteiger partial charge is 0.0654 e. The minimum absolute atomic E-state index is 1.17. The molecule has 26 heavy (non-hydrogen) atoms. The van der Waals surface area contributed by atoms with Gasteiger partial charge in [0.25, 0.3) is 0 Å². The molecule has 0 atom stereocenters. The van der Waals surface area contributed by atoms with E-state index in [9.17, 15) is 0 Å². The molecule has 5 aromatic rings. The molecule has 0 saturated heterocycles. The first kappa shape index (κ1) is 15.4. The minimum atomic E-state index is 1.17. The molecule has 0 nitrogen and oxygen atoms in total. The molecule has 0 spiro atoms. The third-order valence-corrected chi connectivity index (χ3v) is 5.58. The predicted octanol–water partition coefficient (Wildman–Crippen LogP) is 7.64. The van der Waals surface area contributed by atoms with Gasteiger partial charge in [0.1, 0.15) is 0 Å². The van der Waals surface area contributed by atoms with Gasteiger partial charge in [-0.25, -0.2) is 0 Å².